The summed E-state index contributed by atoms with van der Waals surface area (Å²) < 4.78 is 134. The minimum absolute atomic E-state index is 0.228. The van der Waals surface area contributed by atoms with Crippen molar-refractivity contribution in [3.05, 3.63) is 32.2 Å². The highest BCUT2D eigenvalue weighted by Gasteiger charge is 2.38. The highest BCUT2D eigenvalue weighted by Crippen LogP contribution is 2.46. The summed E-state index contributed by atoms with van der Waals surface area (Å²) in [6.07, 6.45) is 0. The van der Waals surface area contributed by atoms with Crippen LogP contribution >= 0.6 is 31.9 Å². The molecule has 178 valence electrons. The van der Waals surface area contributed by atoms with Crippen molar-refractivity contribution in [2.24, 2.45) is 0 Å². The molecule has 18 heteroatoms. The molecule has 0 unspecified atom stereocenters. The number of rotatable bonds is 5. The monoisotopic (exact) mass is 658 g/mol. The smallest absolute Gasteiger partial charge is 0.282 e. The van der Waals surface area contributed by atoms with E-state index in [9.17, 15) is 51.9 Å². The zero-order valence-corrected chi connectivity index (χ0v) is 22.0. The minimum Gasteiger partial charge on any atom is -0.282 e. The molecule has 0 heterocycles. The van der Waals surface area contributed by atoms with Gasteiger partial charge in [0.15, 0.2) is 0 Å². The number of aryl methyl sites for hydroxylation is 2. The molecule has 0 saturated heterocycles. The van der Waals surface area contributed by atoms with Gasteiger partial charge in [0.2, 0.25) is 0 Å². The molecule has 0 spiro atoms. The van der Waals surface area contributed by atoms with Crippen LogP contribution in [0, 0.1) is 13.8 Å². The number of hydrogen-bond donors (Lipinski definition) is 4. The van der Waals surface area contributed by atoms with Crippen LogP contribution in [-0.4, -0.2) is 51.9 Å². The average Bonchev–Trinajstić information content (AvgIpc) is 2.50. The summed E-state index contributed by atoms with van der Waals surface area (Å²) in [5.74, 6) is 0. The number of benzene rings is 2. The fourth-order valence-electron chi connectivity index (χ4n) is 3.05. The summed E-state index contributed by atoms with van der Waals surface area (Å²) in [4.78, 5) is -5.75. The topological polar surface area (TPSA) is 217 Å². The molecule has 2 aromatic rings. The fourth-order valence-corrected chi connectivity index (χ4v) is 9.90. The standard InChI is InChI=1S/C14H12Br2O12S4/c1-5-3-7(15)11(29(17,18)19)13(31(23,24)25)9(5)10-6(2)4-8(16)12(30(20,21)22)14(10)32(26,27)28/h3-4H,1-2H3,(H,17,18,19)(H,20,21,22)(H,23,24,25)(H,26,27,28). The summed E-state index contributed by atoms with van der Waals surface area (Å²) in [7, 11) is -21.8. The molecular formula is C14H12Br2O12S4. The van der Waals surface area contributed by atoms with Crippen LogP contribution in [0.2, 0.25) is 0 Å². The van der Waals surface area contributed by atoms with Crippen molar-refractivity contribution in [1.82, 2.24) is 0 Å². The van der Waals surface area contributed by atoms with E-state index in [-0.39, 0.29) is 11.1 Å². The van der Waals surface area contributed by atoms with Crippen LogP contribution in [0.25, 0.3) is 11.1 Å². The lowest BCUT2D eigenvalue weighted by Crippen LogP contribution is -2.16. The normalized spacial score (nSPS) is 13.4. The summed E-state index contributed by atoms with van der Waals surface area (Å²) in [5, 5.41) is 0. The second-order valence-electron chi connectivity index (χ2n) is 6.32. The van der Waals surface area contributed by atoms with Crippen molar-refractivity contribution >= 4 is 72.3 Å². The van der Waals surface area contributed by atoms with E-state index >= 15 is 0 Å². The number of halogens is 2. The molecule has 0 aliphatic rings. The van der Waals surface area contributed by atoms with Crippen LogP contribution in [-0.2, 0) is 40.5 Å². The van der Waals surface area contributed by atoms with Crippen molar-refractivity contribution in [1.29, 1.82) is 0 Å². The van der Waals surface area contributed by atoms with Gasteiger partial charge in [0.25, 0.3) is 40.5 Å². The lowest BCUT2D eigenvalue weighted by molar-refractivity contribution is 0.464. The predicted octanol–water partition coefficient (Wildman–Crippen LogP) is 2.48. The Morgan fingerprint density at radius 3 is 0.938 bits per heavy atom. The van der Waals surface area contributed by atoms with Gasteiger partial charge in [-0.15, -0.1) is 0 Å². The van der Waals surface area contributed by atoms with Crippen LogP contribution in [0.15, 0.2) is 40.7 Å². The molecule has 2 rings (SSSR count). The van der Waals surface area contributed by atoms with Crippen LogP contribution in [0.1, 0.15) is 11.1 Å². The average molecular weight is 660 g/mol. The van der Waals surface area contributed by atoms with E-state index in [0.29, 0.717) is 0 Å². The highest BCUT2D eigenvalue weighted by atomic mass is 79.9. The Morgan fingerprint density at radius 2 is 0.750 bits per heavy atom. The molecule has 0 aromatic heterocycles. The van der Waals surface area contributed by atoms with Gasteiger partial charge in [0, 0.05) is 20.1 Å². The first-order chi connectivity index (χ1) is 14.1. The Kier molecular flexibility index (Phi) is 7.13. The third kappa shape index (κ3) is 5.08. The largest absolute Gasteiger partial charge is 0.297 e. The molecule has 0 saturated carbocycles. The van der Waals surface area contributed by atoms with E-state index < -0.39 is 80.1 Å². The van der Waals surface area contributed by atoms with E-state index in [1.165, 1.54) is 0 Å². The third-order valence-electron chi connectivity index (χ3n) is 4.06. The Hall–Kier alpha value is -0.960. The zero-order chi connectivity index (χ0) is 25.2. The molecular weight excluding hydrogens is 648 g/mol. The van der Waals surface area contributed by atoms with Crippen molar-refractivity contribution in [3.8, 4) is 11.1 Å². The molecule has 0 aliphatic carbocycles. The van der Waals surface area contributed by atoms with Crippen molar-refractivity contribution in [3.63, 3.8) is 0 Å². The van der Waals surface area contributed by atoms with Gasteiger partial charge in [-0.05, 0) is 69.0 Å². The molecule has 0 aliphatic heterocycles. The lowest BCUT2D eigenvalue weighted by Gasteiger charge is -2.21. The second kappa shape index (κ2) is 8.36. The van der Waals surface area contributed by atoms with Gasteiger partial charge >= 0.3 is 0 Å². The van der Waals surface area contributed by atoms with E-state index in [4.69, 9.17) is 0 Å². The molecule has 2 aromatic carbocycles. The highest BCUT2D eigenvalue weighted by molar-refractivity contribution is 9.10. The molecule has 0 radical (unpaired) electrons. The van der Waals surface area contributed by atoms with Crippen molar-refractivity contribution in [2.45, 2.75) is 33.4 Å². The fraction of sp³-hybridized carbons (Fsp3) is 0.143. The predicted molar refractivity (Wildman–Crippen MR) is 116 cm³/mol. The van der Waals surface area contributed by atoms with Crippen LogP contribution in [0.4, 0.5) is 0 Å². The Morgan fingerprint density at radius 1 is 0.531 bits per heavy atom. The molecule has 12 nitrogen and oxygen atoms in total. The van der Waals surface area contributed by atoms with Crippen LogP contribution in [0.3, 0.4) is 0 Å². The first kappa shape index (κ1) is 27.3. The molecule has 4 N–H and O–H groups in total. The van der Waals surface area contributed by atoms with Crippen LogP contribution < -0.4 is 0 Å². The summed E-state index contributed by atoms with van der Waals surface area (Å²) in [6.45, 7) is 2.29. The van der Waals surface area contributed by atoms with Crippen LogP contribution in [0.5, 0.6) is 0 Å². The van der Waals surface area contributed by atoms with Gasteiger partial charge < -0.3 is 0 Å². The Labute approximate surface area is 199 Å². The summed E-state index contributed by atoms with van der Waals surface area (Å²) in [6, 6.07) is 1.88. The van der Waals surface area contributed by atoms with Gasteiger partial charge in [-0.1, -0.05) is 0 Å². The third-order valence-corrected chi connectivity index (χ3v) is 9.82. The van der Waals surface area contributed by atoms with E-state index in [1.54, 1.807) is 0 Å². The van der Waals surface area contributed by atoms with E-state index in [0.717, 1.165) is 26.0 Å². The van der Waals surface area contributed by atoms with Gasteiger partial charge in [0.05, 0.1) is 0 Å². The van der Waals surface area contributed by atoms with Crippen molar-refractivity contribution < 1.29 is 51.9 Å². The maximum absolute atomic E-state index is 12.2. The second-order valence-corrected chi connectivity index (χ2v) is 13.5. The van der Waals surface area contributed by atoms with Gasteiger partial charge in [0.1, 0.15) is 19.6 Å². The number of hydrogen-bond acceptors (Lipinski definition) is 8. The SMILES string of the molecule is Cc1cc(Br)c(S(=O)(=O)O)c(S(=O)(=O)O)c1-c1c(C)cc(Br)c(S(=O)(=O)O)c1S(=O)(=O)O. The first-order valence-corrected chi connectivity index (χ1v) is 15.0. The van der Waals surface area contributed by atoms with E-state index in [1.807, 2.05) is 0 Å². The maximum Gasteiger partial charge on any atom is 0.297 e. The van der Waals surface area contributed by atoms with E-state index in [2.05, 4.69) is 31.9 Å². The quantitative estimate of drug-likeness (QED) is 0.340. The molecule has 0 atom stereocenters. The minimum atomic E-state index is -5.55. The zero-order valence-electron chi connectivity index (χ0n) is 15.6. The molecule has 0 amide bonds. The lowest BCUT2D eigenvalue weighted by atomic mass is 9.96. The Bertz CT molecular complexity index is 1470. The van der Waals surface area contributed by atoms with Gasteiger partial charge in [-0.25, -0.2) is 0 Å². The summed E-state index contributed by atoms with van der Waals surface area (Å²) in [5.41, 5.74) is -2.20. The van der Waals surface area contributed by atoms with Gasteiger partial charge in [-0.3, -0.25) is 18.2 Å². The maximum atomic E-state index is 12.2. The van der Waals surface area contributed by atoms with Gasteiger partial charge in [-0.2, -0.15) is 33.7 Å². The molecule has 0 fully saturated rings. The summed E-state index contributed by atoms with van der Waals surface area (Å²) >= 11 is 5.48. The first-order valence-electron chi connectivity index (χ1n) is 7.66. The molecule has 0 bridgehead atoms. The Balaban J connectivity index is 3.50. The molecule has 32 heavy (non-hydrogen) atoms. The van der Waals surface area contributed by atoms with Crippen molar-refractivity contribution in [2.75, 3.05) is 0 Å².